The summed E-state index contributed by atoms with van der Waals surface area (Å²) in [6.45, 7) is 12.7. The zero-order valence-corrected chi connectivity index (χ0v) is 15.7. The second-order valence-corrected chi connectivity index (χ2v) is 7.63. The Morgan fingerprint density at radius 2 is 1.78 bits per heavy atom. The van der Waals surface area contributed by atoms with Crippen molar-refractivity contribution in [2.75, 3.05) is 4.90 Å². The molecular weight excluding hydrogens is 286 g/mol. The van der Waals surface area contributed by atoms with Crippen molar-refractivity contribution < 1.29 is 4.79 Å². The van der Waals surface area contributed by atoms with Gasteiger partial charge in [-0.1, -0.05) is 47.5 Å². The molecule has 1 amide bonds. The highest BCUT2D eigenvalue weighted by atomic mass is 16.2. The third-order valence-electron chi connectivity index (χ3n) is 3.82. The van der Waals surface area contributed by atoms with E-state index >= 15 is 0 Å². The number of nitrogens with zero attached hydrogens (tertiary/aromatic N) is 3. The minimum absolute atomic E-state index is 0.0394. The molecule has 0 bridgehead atoms. The number of carbonyl (C=O) groups is 1. The molecule has 0 spiro atoms. The summed E-state index contributed by atoms with van der Waals surface area (Å²) in [6.07, 6.45) is 9.53. The van der Waals surface area contributed by atoms with E-state index < -0.39 is 0 Å². The second kappa shape index (κ2) is 8.99. The Labute approximate surface area is 141 Å². The lowest BCUT2D eigenvalue weighted by molar-refractivity contribution is -0.120. The fraction of sp³-hybridized carbons (Fsp3) is 0.737. The van der Waals surface area contributed by atoms with Crippen LogP contribution in [0.1, 0.15) is 79.2 Å². The SMILES string of the molecule is CCCCc1cnc(N(C(=O)CC(C)(C)C)C(C)CCC)nc1. The standard InChI is InChI=1S/C19H33N3O/c1-7-9-11-16-13-20-18(21-14-16)22(15(3)10-8-2)17(23)12-19(4,5)6/h13-15H,7-12H2,1-6H3. The first-order valence-corrected chi connectivity index (χ1v) is 8.91. The van der Waals surface area contributed by atoms with Crippen molar-refractivity contribution >= 4 is 11.9 Å². The quantitative estimate of drug-likeness (QED) is 0.693. The molecule has 0 aromatic carbocycles. The van der Waals surface area contributed by atoms with Gasteiger partial charge in [0.2, 0.25) is 11.9 Å². The zero-order chi connectivity index (χ0) is 17.5. The van der Waals surface area contributed by atoms with E-state index in [0.29, 0.717) is 12.4 Å². The summed E-state index contributed by atoms with van der Waals surface area (Å²) >= 11 is 0. The molecule has 0 aliphatic carbocycles. The van der Waals surface area contributed by atoms with E-state index in [-0.39, 0.29) is 17.4 Å². The lowest BCUT2D eigenvalue weighted by Gasteiger charge is -2.30. The number of hydrogen-bond donors (Lipinski definition) is 0. The molecule has 1 aromatic rings. The van der Waals surface area contributed by atoms with Gasteiger partial charge in [-0.3, -0.25) is 9.69 Å². The maximum atomic E-state index is 12.8. The van der Waals surface area contributed by atoms with Crippen LogP contribution in [0.15, 0.2) is 12.4 Å². The van der Waals surface area contributed by atoms with Gasteiger partial charge in [0.25, 0.3) is 0 Å². The lowest BCUT2D eigenvalue weighted by Crippen LogP contribution is -2.41. The van der Waals surface area contributed by atoms with Crippen LogP contribution < -0.4 is 4.90 Å². The number of rotatable bonds is 8. The van der Waals surface area contributed by atoms with E-state index in [4.69, 9.17) is 0 Å². The number of hydrogen-bond acceptors (Lipinski definition) is 3. The van der Waals surface area contributed by atoms with Crippen molar-refractivity contribution in [1.29, 1.82) is 0 Å². The summed E-state index contributed by atoms with van der Waals surface area (Å²) in [7, 11) is 0. The fourth-order valence-corrected chi connectivity index (χ4v) is 2.62. The Hall–Kier alpha value is -1.45. The van der Waals surface area contributed by atoms with Gasteiger partial charge in [0.15, 0.2) is 0 Å². The predicted molar refractivity (Wildman–Crippen MR) is 96.6 cm³/mol. The summed E-state index contributed by atoms with van der Waals surface area (Å²) in [4.78, 5) is 23.5. The Morgan fingerprint density at radius 1 is 1.17 bits per heavy atom. The van der Waals surface area contributed by atoms with Gasteiger partial charge in [-0.05, 0) is 37.2 Å². The number of aryl methyl sites for hydroxylation is 1. The number of aromatic nitrogens is 2. The van der Waals surface area contributed by atoms with Gasteiger partial charge in [-0.2, -0.15) is 0 Å². The third kappa shape index (κ3) is 6.67. The summed E-state index contributed by atoms with van der Waals surface area (Å²) in [6, 6.07) is 0.122. The molecule has 130 valence electrons. The van der Waals surface area contributed by atoms with E-state index in [1.54, 1.807) is 4.90 Å². The van der Waals surface area contributed by atoms with Crippen LogP contribution in [0.3, 0.4) is 0 Å². The van der Waals surface area contributed by atoms with Gasteiger partial charge in [0.05, 0.1) is 0 Å². The zero-order valence-electron chi connectivity index (χ0n) is 15.7. The van der Waals surface area contributed by atoms with Crippen LogP contribution in [0.4, 0.5) is 5.95 Å². The van der Waals surface area contributed by atoms with E-state index in [2.05, 4.69) is 51.5 Å². The Balaban J connectivity index is 2.97. The molecule has 23 heavy (non-hydrogen) atoms. The summed E-state index contributed by atoms with van der Waals surface area (Å²) in [5, 5.41) is 0. The van der Waals surface area contributed by atoms with E-state index in [0.717, 1.165) is 37.7 Å². The monoisotopic (exact) mass is 319 g/mol. The molecule has 1 aromatic heterocycles. The van der Waals surface area contributed by atoms with Gasteiger partial charge < -0.3 is 0 Å². The normalized spacial score (nSPS) is 13.0. The highest BCUT2D eigenvalue weighted by Crippen LogP contribution is 2.24. The number of anilines is 1. The molecule has 1 heterocycles. The molecule has 0 N–H and O–H groups in total. The second-order valence-electron chi connectivity index (χ2n) is 7.63. The molecule has 4 nitrogen and oxygen atoms in total. The molecule has 0 radical (unpaired) electrons. The highest BCUT2D eigenvalue weighted by molar-refractivity contribution is 5.92. The topological polar surface area (TPSA) is 46.1 Å². The van der Waals surface area contributed by atoms with Gasteiger partial charge in [-0.15, -0.1) is 0 Å². The van der Waals surface area contributed by atoms with E-state index in [1.165, 1.54) is 0 Å². The molecule has 0 saturated heterocycles. The van der Waals surface area contributed by atoms with Gasteiger partial charge in [-0.25, -0.2) is 9.97 Å². The highest BCUT2D eigenvalue weighted by Gasteiger charge is 2.27. The van der Waals surface area contributed by atoms with Crippen LogP contribution in [0, 0.1) is 5.41 Å². The Morgan fingerprint density at radius 3 is 2.26 bits per heavy atom. The Bertz CT molecular complexity index is 476. The van der Waals surface area contributed by atoms with Crippen LogP contribution in [-0.2, 0) is 11.2 Å². The molecule has 0 aliphatic rings. The third-order valence-corrected chi connectivity index (χ3v) is 3.82. The van der Waals surface area contributed by atoms with Crippen molar-refractivity contribution in [3.8, 4) is 0 Å². The van der Waals surface area contributed by atoms with Gasteiger partial charge >= 0.3 is 0 Å². The van der Waals surface area contributed by atoms with Crippen LogP contribution in [0.2, 0.25) is 0 Å². The average molecular weight is 319 g/mol. The summed E-state index contributed by atoms with van der Waals surface area (Å²) < 4.78 is 0. The lowest BCUT2D eigenvalue weighted by atomic mass is 9.91. The van der Waals surface area contributed by atoms with E-state index in [9.17, 15) is 4.79 Å². The minimum atomic E-state index is -0.0394. The van der Waals surface area contributed by atoms with Gasteiger partial charge in [0.1, 0.15) is 0 Å². The summed E-state index contributed by atoms with van der Waals surface area (Å²) in [5.41, 5.74) is 1.10. The molecule has 4 heteroatoms. The largest absolute Gasteiger partial charge is 0.278 e. The molecule has 0 saturated carbocycles. The predicted octanol–water partition coefficient (Wildman–Crippen LogP) is 4.78. The first kappa shape index (κ1) is 19.6. The molecule has 1 rings (SSSR count). The number of carbonyl (C=O) groups excluding carboxylic acids is 1. The molecule has 1 atom stereocenters. The van der Waals surface area contributed by atoms with Crippen molar-refractivity contribution in [3.05, 3.63) is 18.0 Å². The van der Waals surface area contributed by atoms with Gasteiger partial charge in [0, 0.05) is 24.9 Å². The first-order chi connectivity index (χ1) is 10.8. The van der Waals surface area contributed by atoms with Crippen molar-refractivity contribution in [3.63, 3.8) is 0 Å². The first-order valence-electron chi connectivity index (χ1n) is 8.91. The van der Waals surface area contributed by atoms with Crippen molar-refractivity contribution in [2.45, 2.75) is 86.1 Å². The average Bonchev–Trinajstić information content (AvgIpc) is 2.45. The van der Waals surface area contributed by atoms with Crippen LogP contribution in [-0.4, -0.2) is 21.9 Å². The van der Waals surface area contributed by atoms with E-state index in [1.807, 2.05) is 12.4 Å². The molecule has 0 aliphatic heterocycles. The fourth-order valence-electron chi connectivity index (χ4n) is 2.62. The van der Waals surface area contributed by atoms with Crippen LogP contribution >= 0.6 is 0 Å². The van der Waals surface area contributed by atoms with Crippen LogP contribution in [0.25, 0.3) is 0 Å². The maximum absolute atomic E-state index is 12.8. The van der Waals surface area contributed by atoms with Crippen molar-refractivity contribution in [1.82, 2.24) is 9.97 Å². The summed E-state index contributed by atoms with van der Waals surface area (Å²) in [5.74, 6) is 0.653. The van der Waals surface area contributed by atoms with Crippen molar-refractivity contribution in [2.24, 2.45) is 5.41 Å². The maximum Gasteiger partial charge on any atom is 0.232 e. The van der Waals surface area contributed by atoms with Crippen LogP contribution in [0.5, 0.6) is 0 Å². The minimum Gasteiger partial charge on any atom is -0.278 e. The number of unbranched alkanes of at least 4 members (excludes halogenated alkanes) is 1. The molecular formula is C19H33N3O. The molecule has 1 unspecified atom stereocenters. The smallest absolute Gasteiger partial charge is 0.232 e. The number of amides is 1. The molecule has 0 fully saturated rings. The Kier molecular flexibility index (Phi) is 7.66.